The maximum atomic E-state index is 13.4. The first-order chi connectivity index (χ1) is 7.40. The molecule has 6 heteroatoms. The summed E-state index contributed by atoms with van der Waals surface area (Å²) >= 11 is 5.44. The van der Waals surface area contributed by atoms with Crippen molar-refractivity contribution in [3.05, 3.63) is 34.6 Å². The smallest absolute Gasteiger partial charge is 0.289 e. The molecule has 0 heterocycles. The van der Waals surface area contributed by atoms with E-state index in [1.54, 1.807) is 0 Å². The zero-order valence-corrected chi connectivity index (χ0v) is 9.23. The maximum Gasteiger partial charge on any atom is 0.289 e. The quantitative estimate of drug-likeness (QED) is 0.864. The molecule has 0 aliphatic rings. The topological polar surface area (TPSA) is 32.3 Å². The fraction of sp³-hybridized carbons (Fsp3) is 0.400. The average molecular weight is 254 g/mol. The Morgan fingerprint density at radius 3 is 2.69 bits per heavy atom. The number of aliphatic hydroxyl groups excluding tert-OH is 1. The van der Waals surface area contributed by atoms with E-state index >= 15 is 0 Å². The highest BCUT2D eigenvalue weighted by Crippen LogP contribution is 2.33. The van der Waals surface area contributed by atoms with Gasteiger partial charge in [0.05, 0.1) is 11.6 Å². The van der Waals surface area contributed by atoms with Crippen molar-refractivity contribution < 1.29 is 18.3 Å². The number of alkyl halides is 2. The van der Waals surface area contributed by atoms with Gasteiger partial charge < -0.3 is 10.4 Å². The lowest BCUT2D eigenvalue weighted by molar-refractivity contribution is -0.108. The molecule has 16 heavy (non-hydrogen) atoms. The molecule has 1 atom stereocenters. The molecule has 90 valence electrons. The van der Waals surface area contributed by atoms with E-state index < -0.39 is 30.0 Å². The molecule has 1 aromatic carbocycles. The summed E-state index contributed by atoms with van der Waals surface area (Å²) in [6, 6.07) is 3.61. The molecule has 0 radical (unpaired) electrons. The Hall–Kier alpha value is -0.780. The van der Waals surface area contributed by atoms with Crippen LogP contribution in [0.5, 0.6) is 0 Å². The first-order valence-electron chi connectivity index (χ1n) is 4.54. The molecule has 1 unspecified atom stereocenters. The molecule has 0 bridgehead atoms. The lowest BCUT2D eigenvalue weighted by atomic mass is 10.0. The van der Waals surface area contributed by atoms with Gasteiger partial charge in [-0.2, -0.15) is 0 Å². The highest BCUT2D eigenvalue weighted by atomic mass is 35.5. The van der Waals surface area contributed by atoms with Gasteiger partial charge in [0.15, 0.2) is 0 Å². The fourth-order valence-corrected chi connectivity index (χ4v) is 1.47. The molecule has 2 nitrogen and oxygen atoms in total. The van der Waals surface area contributed by atoms with Gasteiger partial charge in [-0.3, -0.25) is 0 Å². The van der Waals surface area contributed by atoms with Gasteiger partial charge in [-0.05, 0) is 13.1 Å². The van der Waals surface area contributed by atoms with Gasteiger partial charge in [0.2, 0.25) is 0 Å². The Morgan fingerprint density at radius 2 is 2.12 bits per heavy atom. The van der Waals surface area contributed by atoms with Crippen molar-refractivity contribution in [3.8, 4) is 0 Å². The Balaban J connectivity index is 3.04. The molecule has 2 N–H and O–H groups in total. The first kappa shape index (κ1) is 13.3. The molecular weight excluding hydrogens is 243 g/mol. The van der Waals surface area contributed by atoms with Crippen LogP contribution in [0.25, 0.3) is 0 Å². The summed E-state index contributed by atoms with van der Waals surface area (Å²) in [5, 5.41) is 11.3. The highest BCUT2D eigenvalue weighted by Gasteiger charge is 2.40. The van der Waals surface area contributed by atoms with E-state index in [1.807, 2.05) is 0 Å². The first-order valence-corrected chi connectivity index (χ1v) is 4.92. The van der Waals surface area contributed by atoms with Crippen LogP contribution in [0.4, 0.5) is 13.2 Å². The summed E-state index contributed by atoms with van der Waals surface area (Å²) in [6.07, 6.45) is -2.22. The number of hydrogen-bond donors (Lipinski definition) is 2. The van der Waals surface area contributed by atoms with Crippen LogP contribution >= 0.6 is 11.6 Å². The summed E-state index contributed by atoms with van der Waals surface area (Å²) in [5.74, 6) is -4.48. The Kier molecular flexibility index (Phi) is 4.18. The zero-order valence-electron chi connectivity index (χ0n) is 8.48. The minimum Gasteiger partial charge on any atom is -0.382 e. The van der Waals surface area contributed by atoms with Crippen molar-refractivity contribution in [2.45, 2.75) is 12.0 Å². The summed E-state index contributed by atoms with van der Waals surface area (Å²) in [4.78, 5) is 0. The number of nitrogens with one attached hydrogen (secondary N) is 1. The summed E-state index contributed by atoms with van der Waals surface area (Å²) in [7, 11) is 1.31. The third-order valence-electron chi connectivity index (χ3n) is 2.09. The number of rotatable bonds is 4. The fourth-order valence-electron chi connectivity index (χ4n) is 1.29. The van der Waals surface area contributed by atoms with Gasteiger partial charge in [0.25, 0.3) is 5.92 Å². The van der Waals surface area contributed by atoms with Crippen molar-refractivity contribution in [1.82, 2.24) is 5.32 Å². The Bertz CT molecular complexity index is 373. The molecule has 0 fully saturated rings. The van der Waals surface area contributed by atoms with Crippen molar-refractivity contribution in [2.75, 3.05) is 13.6 Å². The van der Waals surface area contributed by atoms with E-state index in [0.717, 1.165) is 6.07 Å². The van der Waals surface area contributed by atoms with Crippen LogP contribution in [0.15, 0.2) is 18.2 Å². The van der Waals surface area contributed by atoms with E-state index in [0.29, 0.717) is 0 Å². The summed E-state index contributed by atoms with van der Waals surface area (Å²) in [6.45, 7) is -0.750. The molecule has 1 rings (SSSR count). The molecule has 0 aliphatic carbocycles. The van der Waals surface area contributed by atoms with Crippen LogP contribution in [0, 0.1) is 5.82 Å². The number of halogens is 4. The lowest BCUT2D eigenvalue weighted by Gasteiger charge is -2.23. The van der Waals surface area contributed by atoms with Gasteiger partial charge in [-0.15, -0.1) is 0 Å². The summed E-state index contributed by atoms with van der Waals surface area (Å²) < 4.78 is 40.0. The van der Waals surface area contributed by atoms with Gasteiger partial charge in [-0.1, -0.05) is 23.7 Å². The van der Waals surface area contributed by atoms with Crippen molar-refractivity contribution in [2.24, 2.45) is 0 Å². The van der Waals surface area contributed by atoms with Crippen LogP contribution in [-0.2, 0) is 0 Å². The Labute approximate surface area is 96.0 Å². The second-order valence-electron chi connectivity index (χ2n) is 3.34. The Morgan fingerprint density at radius 1 is 1.50 bits per heavy atom. The van der Waals surface area contributed by atoms with E-state index in [1.165, 1.54) is 19.2 Å². The molecule has 0 aromatic heterocycles. The number of hydrogen-bond acceptors (Lipinski definition) is 2. The molecule has 1 aromatic rings. The lowest BCUT2D eigenvalue weighted by Crippen LogP contribution is -2.37. The van der Waals surface area contributed by atoms with Crippen molar-refractivity contribution in [3.63, 3.8) is 0 Å². The second-order valence-corrected chi connectivity index (χ2v) is 3.74. The van der Waals surface area contributed by atoms with Crippen molar-refractivity contribution >= 4 is 11.6 Å². The normalized spacial score (nSPS) is 13.9. The van der Waals surface area contributed by atoms with E-state index in [-0.39, 0.29) is 5.02 Å². The highest BCUT2D eigenvalue weighted by molar-refractivity contribution is 6.30. The SMILES string of the molecule is CNCC(F)(F)C(O)c1cccc(Cl)c1F. The third kappa shape index (κ3) is 2.66. The molecule has 0 amide bonds. The third-order valence-corrected chi connectivity index (χ3v) is 2.38. The van der Waals surface area contributed by atoms with Gasteiger partial charge >= 0.3 is 0 Å². The molecular formula is C10H11ClF3NO. The van der Waals surface area contributed by atoms with Crippen LogP contribution in [0.3, 0.4) is 0 Å². The number of aliphatic hydroxyl groups is 1. The van der Waals surface area contributed by atoms with Crippen LogP contribution in [-0.4, -0.2) is 24.6 Å². The van der Waals surface area contributed by atoms with Gasteiger partial charge in [0, 0.05) is 5.56 Å². The maximum absolute atomic E-state index is 13.4. The van der Waals surface area contributed by atoms with Crippen molar-refractivity contribution in [1.29, 1.82) is 0 Å². The van der Waals surface area contributed by atoms with Gasteiger partial charge in [0.1, 0.15) is 11.9 Å². The van der Waals surface area contributed by atoms with Gasteiger partial charge in [-0.25, -0.2) is 13.2 Å². The monoisotopic (exact) mass is 253 g/mol. The molecule has 0 spiro atoms. The predicted octanol–water partition coefficient (Wildman–Crippen LogP) is 2.37. The largest absolute Gasteiger partial charge is 0.382 e. The molecule has 0 saturated heterocycles. The van der Waals surface area contributed by atoms with E-state index in [9.17, 15) is 18.3 Å². The second kappa shape index (κ2) is 5.03. The standard InChI is InChI=1S/C10H11ClF3NO/c1-15-5-10(13,14)9(16)6-3-2-4-7(11)8(6)12/h2-4,9,15-16H,5H2,1H3. The van der Waals surface area contributed by atoms with E-state index in [4.69, 9.17) is 11.6 Å². The molecule has 0 saturated carbocycles. The average Bonchev–Trinajstić information content (AvgIpc) is 2.21. The predicted molar refractivity (Wildman–Crippen MR) is 55.2 cm³/mol. The van der Waals surface area contributed by atoms with Crippen LogP contribution in [0.2, 0.25) is 5.02 Å². The van der Waals surface area contributed by atoms with Crippen LogP contribution < -0.4 is 5.32 Å². The minimum absolute atomic E-state index is 0.295. The van der Waals surface area contributed by atoms with E-state index in [2.05, 4.69) is 5.32 Å². The summed E-state index contributed by atoms with van der Waals surface area (Å²) in [5.41, 5.74) is -0.507. The minimum atomic E-state index is -3.46. The molecule has 0 aliphatic heterocycles. The zero-order chi connectivity index (χ0) is 12.3. The number of benzene rings is 1. The van der Waals surface area contributed by atoms with Crippen LogP contribution in [0.1, 0.15) is 11.7 Å².